The fourth-order valence-electron chi connectivity index (χ4n) is 2.99. The van der Waals surface area contributed by atoms with Gasteiger partial charge in [-0.1, -0.05) is 42.5 Å². The molecule has 1 fully saturated rings. The Morgan fingerprint density at radius 3 is 2.56 bits per heavy atom. The van der Waals surface area contributed by atoms with E-state index in [1.165, 1.54) is 0 Å². The van der Waals surface area contributed by atoms with Crippen molar-refractivity contribution in [2.45, 2.75) is 24.8 Å². The van der Waals surface area contributed by atoms with Crippen molar-refractivity contribution in [2.24, 2.45) is 0 Å². The van der Waals surface area contributed by atoms with Crippen molar-refractivity contribution in [3.8, 4) is 0 Å². The topological polar surface area (TPSA) is 56.8 Å². The summed E-state index contributed by atoms with van der Waals surface area (Å²) in [7, 11) is 0. The fraction of sp³-hybridized carbons (Fsp3) is 0.421. The molecule has 0 spiro atoms. The van der Waals surface area contributed by atoms with Crippen LogP contribution in [0.15, 0.2) is 42.5 Å². The SMILES string of the molecule is O=C(NCCC1OCC(c2cccc3ccccc23)CO1)OCC(F)(F)F. The van der Waals surface area contributed by atoms with Crippen LogP contribution in [0.25, 0.3) is 10.8 Å². The minimum absolute atomic E-state index is 0.0945. The van der Waals surface area contributed by atoms with Crippen molar-refractivity contribution in [3.05, 3.63) is 48.0 Å². The summed E-state index contributed by atoms with van der Waals surface area (Å²) in [5, 5.41) is 4.56. The van der Waals surface area contributed by atoms with Crippen molar-refractivity contribution in [3.63, 3.8) is 0 Å². The maximum absolute atomic E-state index is 12.0. The second-order valence-electron chi connectivity index (χ2n) is 6.27. The number of fused-ring (bicyclic) bond motifs is 1. The molecule has 27 heavy (non-hydrogen) atoms. The number of carbonyl (C=O) groups excluding carboxylic acids is 1. The fourth-order valence-corrected chi connectivity index (χ4v) is 2.99. The van der Waals surface area contributed by atoms with E-state index in [-0.39, 0.29) is 12.5 Å². The predicted octanol–water partition coefficient (Wildman–Crippen LogP) is 3.97. The van der Waals surface area contributed by atoms with Crippen LogP contribution in [0.3, 0.4) is 0 Å². The maximum Gasteiger partial charge on any atom is 0.422 e. The Balaban J connectivity index is 1.43. The number of alkyl carbamates (subject to hydrolysis) is 1. The van der Waals surface area contributed by atoms with E-state index in [4.69, 9.17) is 9.47 Å². The molecule has 146 valence electrons. The first-order valence-electron chi connectivity index (χ1n) is 8.60. The van der Waals surface area contributed by atoms with Gasteiger partial charge in [-0.2, -0.15) is 13.2 Å². The molecule has 1 N–H and O–H groups in total. The third-order valence-corrected chi connectivity index (χ3v) is 4.25. The Labute approximate surface area is 154 Å². The summed E-state index contributed by atoms with van der Waals surface area (Å²) in [6.07, 6.45) is -5.84. The number of rotatable bonds is 5. The molecule has 8 heteroatoms. The molecule has 0 atom stereocenters. The normalized spacial score (nSPS) is 20.4. The third-order valence-electron chi connectivity index (χ3n) is 4.25. The molecule has 2 aromatic rings. The summed E-state index contributed by atoms with van der Waals surface area (Å²) in [6.45, 7) is -0.573. The van der Waals surface area contributed by atoms with Crippen molar-refractivity contribution < 1.29 is 32.2 Å². The molecule has 0 aromatic heterocycles. The lowest BCUT2D eigenvalue weighted by atomic mass is 9.94. The minimum Gasteiger partial charge on any atom is -0.440 e. The molecule has 0 saturated carbocycles. The zero-order valence-electron chi connectivity index (χ0n) is 14.5. The van der Waals surface area contributed by atoms with Crippen LogP contribution in [0.5, 0.6) is 0 Å². The molecule has 0 bridgehead atoms. The average molecular weight is 383 g/mol. The number of amides is 1. The van der Waals surface area contributed by atoms with Crippen LogP contribution in [-0.2, 0) is 14.2 Å². The first-order chi connectivity index (χ1) is 12.9. The molecule has 1 heterocycles. The van der Waals surface area contributed by atoms with Gasteiger partial charge in [0.1, 0.15) is 0 Å². The van der Waals surface area contributed by atoms with E-state index in [0.29, 0.717) is 19.6 Å². The molecule has 1 aliphatic heterocycles. The summed E-state index contributed by atoms with van der Waals surface area (Å²) < 4.78 is 51.3. The van der Waals surface area contributed by atoms with Gasteiger partial charge in [-0.3, -0.25) is 0 Å². The zero-order valence-corrected chi connectivity index (χ0v) is 14.5. The first-order valence-corrected chi connectivity index (χ1v) is 8.60. The highest BCUT2D eigenvalue weighted by molar-refractivity contribution is 5.86. The standard InChI is InChI=1S/C19H20F3NO4/c20-19(21,22)12-27-18(24)23-9-8-17-25-10-14(11-26-17)16-7-3-5-13-4-1-2-6-15(13)16/h1-7,14,17H,8-12H2,(H,23,24). The molecule has 1 aliphatic rings. The molecule has 0 aliphatic carbocycles. The lowest BCUT2D eigenvalue weighted by Crippen LogP contribution is -2.35. The summed E-state index contributed by atoms with van der Waals surface area (Å²) >= 11 is 0. The van der Waals surface area contributed by atoms with Crippen LogP contribution in [0.4, 0.5) is 18.0 Å². The van der Waals surface area contributed by atoms with Crippen molar-refractivity contribution in [1.29, 1.82) is 0 Å². The van der Waals surface area contributed by atoms with E-state index in [2.05, 4.69) is 34.3 Å². The van der Waals surface area contributed by atoms with Crippen molar-refractivity contribution in [2.75, 3.05) is 26.4 Å². The zero-order chi connectivity index (χ0) is 19.3. The molecule has 3 rings (SSSR count). The number of nitrogens with one attached hydrogen (secondary N) is 1. The van der Waals surface area contributed by atoms with Gasteiger partial charge in [0.25, 0.3) is 0 Å². The van der Waals surface area contributed by atoms with E-state index in [0.717, 1.165) is 16.3 Å². The monoisotopic (exact) mass is 383 g/mol. The van der Waals surface area contributed by atoms with Crippen LogP contribution in [0, 0.1) is 0 Å². The molecular weight excluding hydrogens is 363 g/mol. The van der Waals surface area contributed by atoms with Gasteiger partial charge in [-0.15, -0.1) is 0 Å². The summed E-state index contributed by atoms with van der Waals surface area (Å²) in [6, 6.07) is 14.2. The number of alkyl halides is 3. The van der Waals surface area contributed by atoms with Gasteiger partial charge in [0.15, 0.2) is 12.9 Å². The Morgan fingerprint density at radius 2 is 1.81 bits per heavy atom. The number of benzene rings is 2. The lowest BCUT2D eigenvalue weighted by Gasteiger charge is -2.30. The summed E-state index contributed by atoms with van der Waals surface area (Å²) in [5.41, 5.74) is 1.15. The second kappa shape index (κ2) is 8.58. The van der Waals surface area contributed by atoms with Crippen LogP contribution in [-0.4, -0.2) is 44.9 Å². The smallest absolute Gasteiger partial charge is 0.422 e. The van der Waals surface area contributed by atoms with E-state index in [9.17, 15) is 18.0 Å². The van der Waals surface area contributed by atoms with Crippen molar-refractivity contribution >= 4 is 16.9 Å². The Morgan fingerprint density at radius 1 is 1.11 bits per heavy atom. The maximum atomic E-state index is 12.0. The van der Waals surface area contributed by atoms with E-state index in [1.807, 2.05) is 18.2 Å². The minimum atomic E-state index is -4.54. The van der Waals surface area contributed by atoms with Crippen LogP contribution >= 0.6 is 0 Å². The Bertz CT molecular complexity index is 768. The van der Waals surface area contributed by atoms with Gasteiger partial charge in [0, 0.05) is 18.9 Å². The first kappa shape index (κ1) is 19.4. The third kappa shape index (κ3) is 5.58. The number of ether oxygens (including phenoxy) is 3. The van der Waals surface area contributed by atoms with Gasteiger partial charge in [0.2, 0.25) is 0 Å². The number of hydrogen-bond acceptors (Lipinski definition) is 4. The Kier molecular flexibility index (Phi) is 6.18. The highest BCUT2D eigenvalue weighted by Crippen LogP contribution is 2.29. The molecule has 1 saturated heterocycles. The van der Waals surface area contributed by atoms with E-state index < -0.39 is 25.2 Å². The van der Waals surface area contributed by atoms with Crippen molar-refractivity contribution in [1.82, 2.24) is 5.32 Å². The number of carbonyl (C=O) groups is 1. The highest BCUT2D eigenvalue weighted by Gasteiger charge is 2.29. The predicted molar refractivity (Wildman–Crippen MR) is 92.4 cm³/mol. The summed E-state index contributed by atoms with van der Waals surface area (Å²) in [4.78, 5) is 11.2. The molecule has 0 radical (unpaired) electrons. The van der Waals surface area contributed by atoms with Gasteiger partial charge >= 0.3 is 12.3 Å². The molecule has 2 aromatic carbocycles. The average Bonchev–Trinajstić information content (AvgIpc) is 2.66. The van der Waals surface area contributed by atoms with Gasteiger partial charge in [-0.05, 0) is 16.3 Å². The molecule has 5 nitrogen and oxygen atoms in total. The van der Waals surface area contributed by atoms with Crippen LogP contribution in [0.2, 0.25) is 0 Å². The number of halogens is 3. The molecule has 0 unspecified atom stereocenters. The highest BCUT2D eigenvalue weighted by atomic mass is 19.4. The summed E-state index contributed by atoms with van der Waals surface area (Å²) in [5.74, 6) is 0.0945. The van der Waals surface area contributed by atoms with E-state index >= 15 is 0 Å². The number of hydrogen-bond donors (Lipinski definition) is 1. The molecule has 1 amide bonds. The quantitative estimate of drug-likeness (QED) is 0.849. The van der Waals surface area contributed by atoms with E-state index in [1.54, 1.807) is 0 Å². The van der Waals surface area contributed by atoms with Gasteiger partial charge in [-0.25, -0.2) is 4.79 Å². The van der Waals surface area contributed by atoms with Gasteiger partial charge < -0.3 is 19.5 Å². The second-order valence-corrected chi connectivity index (χ2v) is 6.27. The van der Waals surface area contributed by atoms with Crippen LogP contribution < -0.4 is 5.32 Å². The largest absolute Gasteiger partial charge is 0.440 e. The molecular formula is C19H20F3NO4. The van der Waals surface area contributed by atoms with Crippen LogP contribution in [0.1, 0.15) is 17.9 Å². The van der Waals surface area contributed by atoms with Gasteiger partial charge in [0.05, 0.1) is 13.2 Å². The Hall–Kier alpha value is -2.32. The lowest BCUT2D eigenvalue weighted by molar-refractivity contribution is -0.188.